The summed E-state index contributed by atoms with van der Waals surface area (Å²) in [6.45, 7) is 9.35. The minimum Gasteiger partial charge on any atom is -0.295 e. The van der Waals surface area contributed by atoms with Crippen molar-refractivity contribution in [2.24, 2.45) is 0 Å². The second kappa shape index (κ2) is 8.02. The van der Waals surface area contributed by atoms with Gasteiger partial charge >= 0.3 is 0 Å². The SMILES string of the molecule is CC.CC.CC(=O)c1ccc2c(c1)S(=O)(=O)c1ccccc1C2=O. The van der Waals surface area contributed by atoms with E-state index in [1.807, 2.05) is 27.7 Å². The quantitative estimate of drug-likeness (QED) is 0.615. The van der Waals surface area contributed by atoms with Crippen molar-refractivity contribution >= 4 is 21.4 Å². The van der Waals surface area contributed by atoms with Crippen LogP contribution in [0.1, 0.15) is 60.9 Å². The minimum atomic E-state index is -3.76. The third kappa shape index (κ3) is 3.31. The molecule has 0 radical (unpaired) electrons. The van der Waals surface area contributed by atoms with Crippen molar-refractivity contribution in [2.75, 3.05) is 0 Å². The number of hydrogen-bond acceptors (Lipinski definition) is 4. The molecule has 128 valence electrons. The van der Waals surface area contributed by atoms with Crippen molar-refractivity contribution in [3.05, 3.63) is 59.2 Å². The Bertz CT molecular complexity index is 865. The van der Waals surface area contributed by atoms with Crippen LogP contribution in [-0.4, -0.2) is 20.0 Å². The van der Waals surface area contributed by atoms with E-state index in [0.717, 1.165) is 0 Å². The lowest BCUT2D eigenvalue weighted by Crippen LogP contribution is -2.20. The number of hydrogen-bond donors (Lipinski definition) is 0. The molecule has 1 aliphatic rings. The molecule has 2 aromatic carbocycles. The van der Waals surface area contributed by atoms with Gasteiger partial charge in [0.2, 0.25) is 9.84 Å². The normalized spacial score (nSPS) is 13.3. The predicted molar refractivity (Wildman–Crippen MR) is 94.5 cm³/mol. The van der Waals surface area contributed by atoms with Crippen LogP contribution in [0.4, 0.5) is 0 Å². The molecule has 5 heteroatoms. The summed E-state index contributed by atoms with van der Waals surface area (Å²) >= 11 is 0. The van der Waals surface area contributed by atoms with Gasteiger partial charge in [-0.1, -0.05) is 45.9 Å². The highest BCUT2D eigenvalue weighted by Crippen LogP contribution is 2.34. The number of fused-ring (bicyclic) bond motifs is 2. The highest BCUT2D eigenvalue weighted by molar-refractivity contribution is 7.91. The summed E-state index contributed by atoms with van der Waals surface area (Å²) in [4.78, 5) is 23.6. The lowest BCUT2D eigenvalue weighted by atomic mass is 10.0. The fourth-order valence-electron chi connectivity index (χ4n) is 2.30. The van der Waals surface area contributed by atoms with Crippen molar-refractivity contribution in [2.45, 2.75) is 44.4 Å². The van der Waals surface area contributed by atoms with Crippen molar-refractivity contribution in [1.29, 1.82) is 0 Å². The van der Waals surface area contributed by atoms with E-state index in [9.17, 15) is 18.0 Å². The molecule has 0 atom stereocenters. The first kappa shape index (κ1) is 19.8. The molecule has 24 heavy (non-hydrogen) atoms. The summed E-state index contributed by atoms with van der Waals surface area (Å²) in [5.74, 6) is -0.574. The highest BCUT2D eigenvalue weighted by Gasteiger charge is 2.34. The van der Waals surface area contributed by atoms with Crippen LogP contribution in [0.25, 0.3) is 0 Å². The largest absolute Gasteiger partial charge is 0.295 e. The van der Waals surface area contributed by atoms with Crippen LogP contribution in [0.2, 0.25) is 0 Å². The Morgan fingerprint density at radius 1 is 0.833 bits per heavy atom. The van der Waals surface area contributed by atoms with Crippen LogP contribution in [-0.2, 0) is 9.84 Å². The molecule has 0 aliphatic carbocycles. The van der Waals surface area contributed by atoms with Crippen LogP contribution in [0.15, 0.2) is 52.3 Å². The van der Waals surface area contributed by atoms with E-state index in [2.05, 4.69) is 0 Å². The van der Waals surface area contributed by atoms with E-state index >= 15 is 0 Å². The summed E-state index contributed by atoms with van der Waals surface area (Å²) in [7, 11) is -3.76. The monoisotopic (exact) mass is 346 g/mol. The average Bonchev–Trinajstić information content (AvgIpc) is 2.63. The lowest BCUT2D eigenvalue weighted by Gasteiger charge is -2.18. The van der Waals surface area contributed by atoms with E-state index in [-0.39, 0.29) is 38.0 Å². The maximum atomic E-state index is 12.6. The first-order valence-electron chi connectivity index (χ1n) is 7.97. The lowest BCUT2D eigenvalue weighted by molar-refractivity contribution is 0.101. The topological polar surface area (TPSA) is 68.3 Å². The summed E-state index contributed by atoms with van der Waals surface area (Å²) in [5.41, 5.74) is 0.573. The molecule has 0 bridgehead atoms. The molecular weight excluding hydrogens is 324 g/mol. The van der Waals surface area contributed by atoms with Gasteiger partial charge in [0, 0.05) is 16.7 Å². The smallest absolute Gasteiger partial charge is 0.208 e. The Morgan fingerprint density at radius 3 is 1.96 bits per heavy atom. The van der Waals surface area contributed by atoms with Crippen molar-refractivity contribution in [1.82, 2.24) is 0 Å². The van der Waals surface area contributed by atoms with Crippen molar-refractivity contribution in [3.8, 4) is 0 Å². The third-order valence-electron chi connectivity index (χ3n) is 3.34. The Morgan fingerprint density at radius 2 is 1.38 bits per heavy atom. The zero-order chi connectivity index (χ0) is 18.5. The molecule has 0 N–H and O–H groups in total. The average molecular weight is 346 g/mol. The Balaban J connectivity index is 0.000000671. The summed E-state index contributed by atoms with van der Waals surface area (Å²) in [6.07, 6.45) is 0. The number of carbonyl (C=O) groups is 2. The van der Waals surface area contributed by atoms with Gasteiger partial charge in [0.25, 0.3) is 0 Å². The molecule has 0 spiro atoms. The highest BCUT2D eigenvalue weighted by atomic mass is 32.2. The molecule has 2 aromatic rings. The first-order chi connectivity index (χ1) is 11.4. The molecule has 0 aromatic heterocycles. The van der Waals surface area contributed by atoms with E-state index < -0.39 is 9.84 Å². The fraction of sp³-hybridized carbons (Fsp3) is 0.263. The van der Waals surface area contributed by atoms with Gasteiger partial charge in [0.15, 0.2) is 11.6 Å². The van der Waals surface area contributed by atoms with Crippen molar-refractivity contribution in [3.63, 3.8) is 0 Å². The maximum Gasteiger partial charge on any atom is 0.208 e. The summed E-state index contributed by atoms with van der Waals surface area (Å²) in [5, 5.41) is 0. The van der Waals surface area contributed by atoms with Gasteiger partial charge < -0.3 is 0 Å². The van der Waals surface area contributed by atoms with Gasteiger partial charge in [-0.2, -0.15) is 0 Å². The molecule has 3 rings (SSSR count). The number of rotatable bonds is 1. The van der Waals surface area contributed by atoms with Gasteiger partial charge in [-0.05, 0) is 31.2 Å². The Hall–Kier alpha value is -2.27. The van der Waals surface area contributed by atoms with E-state index in [0.29, 0.717) is 0 Å². The van der Waals surface area contributed by atoms with Crippen LogP contribution >= 0.6 is 0 Å². The molecule has 1 heterocycles. The number of carbonyl (C=O) groups excluding carboxylic acids is 2. The number of sulfone groups is 1. The Kier molecular flexibility index (Phi) is 6.60. The van der Waals surface area contributed by atoms with Gasteiger partial charge in [0.05, 0.1) is 9.79 Å². The number of Topliss-reactive ketones (excluding diaryl/α,β-unsaturated/α-hetero) is 1. The van der Waals surface area contributed by atoms with Gasteiger partial charge in [-0.25, -0.2) is 8.42 Å². The zero-order valence-corrected chi connectivity index (χ0v) is 15.4. The fourth-order valence-corrected chi connectivity index (χ4v) is 3.98. The van der Waals surface area contributed by atoms with Crippen LogP contribution in [0.3, 0.4) is 0 Å². The van der Waals surface area contributed by atoms with Crippen LogP contribution < -0.4 is 0 Å². The molecule has 0 amide bonds. The standard InChI is InChI=1S/C15H10O4S.2C2H6/c1-9(16)10-6-7-12-14(8-10)20(18,19)13-5-3-2-4-11(13)15(12)17;2*1-2/h2-8H,1H3;2*1-2H3. The van der Waals surface area contributed by atoms with Crippen LogP contribution in [0.5, 0.6) is 0 Å². The number of ketones is 2. The number of benzene rings is 2. The van der Waals surface area contributed by atoms with Crippen molar-refractivity contribution < 1.29 is 18.0 Å². The molecule has 0 saturated heterocycles. The Labute approximate surface area is 143 Å². The molecule has 4 nitrogen and oxygen atoms in total. The molecule has 0 saturated carbocycles. The summed E-state index contributed by atoms with van der Waals surface area (Å²) in [6, 6.07) is 10.3. The maximum absolute atomic E-state index is 12.6. The molecular formula is C19H22O4S. The molecule has 1 aliphatic heterocycles. The van der Waals surface area contributed by atoms with E-state index in [1.165, 1.54) is 37.3 Å². The molecule has 0 fully saturated rings. The van der Waals surface area contributed by atoms with E-state index in [1.54, 1.807) is 12.1 Å². The second-order valence-corrected chi connectivity index (χ2v) is 6.48. The first-order valence-corrected chi connectivity index (χ1v) is 9.45. The zero-order valence-electron chi connectivity index (χ0n) is 14.6. The minimum absolute atomic E-state index is 0.00166. The van der Waals surface area contributed by atoms with Gasteiger partial charge in [0.1, 0.15) is 0 Å². The summed E-state index contributed by atoms with van der Waals surface area (Å²) < 4.78 is 25.1. The van der Waals surface area contributed by atoms with E-state index in [4.69, 9.17) is 0 Å². The van der Waals surface area contributed by atoms with Crippen LogP contribution in [0, 0.1) is 0 Å². The second-order valence-electron chi connectivity index (χ2n) is 4.60. The van der Waals surface area contributed by atoms with Gasteiger partial charge in [-0.15, -0.1) is 0 Å². The predicted octanol–water partition coefficient (Wildman–Crippen LogP) is 4.32. The third-order valence-corrected chi connectivity index (χ3v) is 5.20. The molecule has 0 unspecified atom stereocenters. The van der Waals surface area contributed by atoms with Gasteiger partial charge in [-0.3, -0.25) is 9.59 Å².